The lowest BCUT2D eigenvalue weighted by Crippen LogP contribution is -2.11. The van der Waals surface area contributed by atoms with Gasteiger partial charge in [0, 0.05) is 18.4 Å². The van der Waals surface area contributed by atoms with E-state index in [9.17, 15) is 13.5 Å². The van der Waals surface area contributed by atoms with E-state index in [0.717, 1.165) is 5.56 Å². The first-order chi connectivity index (χ1) is 9.66. The number of hydrogen-bond acceptors (Lipinski definition) is 3. The van der Waals surface area contributed by atoms with Gasteiger partial charge in [-0.25, -0.2) is 8.42 Å². The van der Waals surface area contributed by atoms with E-state index in [4.69, 9.17) is 0 Å². The minimum atomic E-state index is -3.38. The molecule has 0 radical (unpaired) electrons. The molecule has 1 aliphatic carbocycles. The molecule has 1 N–H and O–H groups in total. The molecule has 2 aromatic carbocycles. The van der Waals surface area contributed by atoms with Gasteiger partial charge < -0.3 is 5.11 Å². The first kappa shape index (κ1) is 13.3. The molecule has 104 valence electrons. The zero-order valence-corrected chi connectivity index (χ0v) is 11.7. The third kappa shape index (κ3) is 2.15. The minimum Gasteiger partial charge on any atom is -0.396 e. The zero-order valence-electron chi connectivity index (χ0n) is 10.9. The van der Waals surface area contributed by atoms with Crippen molar-refractivity contribution in [2.24, 2.45) is 5.92 Å². The lowest BCUT2D eigenvalue weighted by Gasteiger charge is -2.03. The van der Waals surface area contributed by atoms with Crippen LogP contribution in [0.15, 0.2) is 65.6 Å². The molecule has 0 bridgehead atoms. The molecule has 0 aliphatic heterocycles. The number of rotatable bonds is 4. The van der Waals surface area contributed by atoms with E-state index < -0.39 is 15.1 Å². The molecular formula is C16H16O3S. The highest BCUT2D eigenvalue weighted by atomic mass is 32.2. The highest BCUT2D eigenvalue weighted by molar-refractivity contribution is 7.92. The normalized spacial score (nSPS) is 25.4. The SMILES string of the molecule is O=S(=O)(c1ccccc1)[C@@H]1[C@@H](CO)[C@H]1c1ccccc1. The smallest absolute Gasteiger partial charge is 0.182 e. The molecule has 4 heteroatoms. The van der Waals surface area contributed by atoms with Gasteiger partial charge in [-0.1, -0.05) is 48.5 Å². The van der Waals surface area contributed by atoms with Gasteiger partial charge in [-0.2, -0.15) is 0 Å². The Morgan fingerprint density at radius 1 is 0.900 bits per heavy atom. The molecule has 2 aromatic rings. The van der Waals surface area contributed by atoms with Crippen LogP contribution < -0.4 is 0 Å². The predicted octanol–water partition coefficient (Wildman–Crippen LogP) is 2.23. The molecular weight excluding hydrogens is 272 g/mol. The van der Waals surface area contributed by atoms with E-state index in [-0.39, 0.29) is 18.4 Å². The molecule has 0 spiro atoms. The van der Waals surface area contributed by atoms with Crippen LogP contribution in [0, 0.1) is 5.92 Å². The third-order valence-electron chi connectivity index (χ3n) is 3.92. The molecule has 20 heavy (non-hydrogen) atoms. The second kappa shape index (κ2) is 5.04. The Morgan fingerprint density at radius 2 is 1.45 bits per heavy atom. The molecule has 1 aliphatic rings. The van der Waals surface area contributed by atoms with E-state index in [2.05, 4.69) is 0 Å². The number of aliphatic hydroxyl groups excluding tert-OH is 1. The zero-order chi connectivity index (χ0) is 14.2. The molecule has 3 nitrogen and oxygen atoms in total. The second-order valence-corrected chi connectivity index (χ2v) is 7.21. The van der Waals surface area contributed by atoms with Gasteiger partial charge in [0.25, 0.3) is 0 Å². The van der Waals surface area contributed by atoms with Crippen LogP contribution in [0.3, 0.4) is 0 Å². The fraction of sp³-hybridized carbons (Fsp3) is 0.250. The van der Waals surface area contributed by atoms with Crippen LogP contribution in [0.2, 0.25) is 0 Å². The summed E-state index contributed by atoms with van der Waals surface area (Å²) in [5.74, 6) is -0.311. The number of hydrogen-bond donors (Lipinski definition) is 1. The Kier molecular flexibility index (Phi) is 3.36. The highest BCUT2D eigenvalue weighted by Gasteiger charge is 2.58. The Bertz CT molecular complexity index is 680. The molecule has 3 rings (SSSR count). The third-order valence-corrected chi connectivity index (χ3v) is 6.21. The van der Waals surface area contributed by atoms with Gasteiger partial charge in [0.2, 0.25) is 0 Å². The Morgan fingerprint density at radius 3 is 2.00 bits per heavy atom. The summed E-state index contributed by atoms with van der Waals surface area (Å²) < 4.78 is 25.3. The van der Waals surface area contributed by atoms with Crippen LogP contribution in [-0.4, -0.2) is 25.4 Å². The summed E-state index contributed by atoms with van der Waals surface area (Å²) in [7, 11) is -3.38. The van der Waals surface area contributed by atoms with Crippen molar-refractivity contribution in [3.63, 3.8) is 0 Å². The van der Waals surface area contributed by atoms with Crippen molar-refractivity contribution in [3.8, 4) is 0 Å². The van der Waals surface area contributed by atoms with Gasteiger partial charge in [-0.05, 0) is 17.7 Å². The fourth-order valence-corrected chi connectivity index (χ4v) is 5.08. The highest BCUT2D eigenvalue weighted by Crippen LogP contribution is 2.53. The van der Waals surface area contributed by atoms with Crippen LogP contribution in [0.4, 0.5) is 0 Å². The molecule has 0 aromatic heterocycles. The van der Waals surface area contributed by atoms with Gasteiger partial charge in [0.1, 0.15) is 0 Å². The van der Waals surface area contributed by atoms with Gasteiger partial charge >= 0.3 is 0 Å². The molecule has 0 saturated heterocycles. The van der Waals surface area contributed by atoms with Crippen molar-refractivity contribution in [2.75, 3.05) is 6.61 Å². The standard InChI is InChI=1S/C16H16O3S/c17-11-14-15(12-7-3-1-4-8-12)16(14)20(18,19)13-9-5-2-6-10-13/h1-10,14-17H,11H2/t14-,15+,16+/m0/s1. The number of sulfone groups is 1. The minimum absolute atomic E-state index is 0.101. The summed E-state index contributed by atoms with van der Waals surface area (Å²) in [6, 6.07) is 18.0. The fourth-order valence-electron chi connectivity index (χ4n) is 2.86. The Hall–Kier alpha value is -1.65. The molecule has 0 unspecified atom stereocenters. The Balaban J connectivity index is 1.95. The van der Waals surface area contributed by atoms with Crippen molar-refractivity contribution in [2.45, 2.75) is 16.1 Å². The van der Waals surface area contributed by atoms with E-state index in [1.807, 2.05) is 30.3 Å². The van der Waals surface area contributed by atoms with Crippen LogP contribution in [0.5, 0.6) is 0 Å². The van der Waals surface area contributed by atoms with Gasteiger partial charge in [0.15, 0.2) is 9.84 Å². The van der Waals surface area contributed by atoms with Crippen LogP contribution in [0.25, 0.3) is 0 Å². The summed E-state index contributed by atoms with van der Waals surface area (Å²) in [5.41, 5.74) is 0.982. The second-order valence-electron chi connectivity index (χ2n) is 5.11. The lowest BCUT2D eigenvalue weighted by molar-refractivity contribution is 0.274. The van der Waals surface area contributed by atoms with Crippen LogP contribution in [-0.2, 0) is 9.84 Å². The molecule has 0 heterocycles. The number of aliphatic hydroxyl groups is 1. The van der Waals surface area contributed by atoms with Gasteiger partial charge in [0.05, 0.1) is 10.1 Å². The monoisotopic (exact) mass is 288 g/mol. The summed E-state index contributed by atoms with van der Waals surface area (Å²) in [6.45, 7) is -0.101. The first-order valence-corrected chi connectivity index (χ1v) is 8.15. The largest absolute Gasteiger partial charge is 0.396 e. The maximum absolute atomic E-state index is 12.6. The summed E-state index contributed by atoms with van der Waals surface area (Å²) >= 11 is 0. The van der Waals surface area contributed by atoms with Crippen molar-refractivity contribution < 1.29 is 13.5 Å². The average molecular weight is 288 g/mol. The van der Waals surface area contributed by atoms with Crippen molar-refractivity contribution in [1.29, 1.82) is 0 Å². The predicted molar refractivity (Wildman–Crippen MR) is 77.2 cm³/mol. The summed E-state index contributed by atoms with van der Waals surface area (Å²) in [6.07, 6.45) is 0. The Labute approximate surface area is 118 Å². The van der Waals surface area contributed by atoms with Crippen LogP contribution >= 0.6 is 0 Å². The van der Waals surface area contributed by atoms with Gasteiger partial charge in [-0.3, -0.25) is 0 Å². The van der Waals surface area contributed by atoms with E-state index in [1.165, 1.54) is 0 Å². The lowest BCUT2D eigenvalue weighted by atomic mass is 10.1. The van der Waals surface area contributed by atoms with E-state index >= 15 is 0 Å². The van der Waals surface area contributed by atoms with Crippen molar-refractivity contribution >= 4 is 9.84 Å². The summed E-state index contributed by atoms with van der Waals surface area (Å²) in [4.78, 5) is 0.335. The summed E-state index contributed by atoms with van der Waals surface area (Å²) in [5, 5.41) is 8.94. The first-order valence-electron chi connectivity index (χ1n) is 6.61. The average Bonchev–Trinajstić information content (AvgIpc) is 3.24. The van der Waals surface area contributed by atoms with Gasteiger partial charge in [-0.15, -0.1) is 0 Å². The molecule has 1 fully saturated rings. The quantitative estimate of drug-likeness (QED) is 0.938. The molecule has 3 atom stereocenters. The maximum Gasteiger partial charge on any atom is 0.182 e. The number of benzene rings is 2. The molecule has 0 amide bonds. The van der Waals surface area contributed by atoms with Crippen molar-refractivity contribution in [1.82, 2.24) is 0 Å². The molecule has 1 saturated carbocycles. The van der Waals surface area contributed by atoms with E-state index in [1.54, 1.807) is 30.3 Å². The van der Waals surface area contributed by atoms with Crippen molar-refractivity contribution in [3.05, 3.63) is 66.2 Å². The van der Waals surface area contributed by atoms with Crippen LogP contribution in [0.1, 0.15) is 11.5 Å². The van der Waals surface area contributed by atoms with E-state index in [0.29, 0.717) is 4.90 Å². The maximum atomic E-state index is 12.6. The topological polar surface area (TPSA) is 54.4 Å².